The number of nitrogens with zero attached hydrogens (tertiary/aromatic N) is 8. The number of fused-ring (bicyclic) bond motifs is 3. The summed E-state index contributed by atoms with van der Waals surface area (Å²) in [4.78, 5) is 16.9. The van der Waals surface area contributed by atoms with Crippen LogP contribution >= 0.6 is 11.8 Å². The third-order valence-electron chi connectivity index (χ3n) is 5.19. The van der Waals surface area contributed by atoms with Gasteiger partial charge in [-0.05, 0) is 31.2 Å². The van der Waals surface area contributed by atoms with E-state index in [1.807, 2.05) is 58.4 Å². The number of aromatic nitrogens is 8. The van der Waals surface area contributed by atoms with Crippen LogP contribution in [0.4, 0.5) is 0 Å². The van der Waals surface area contributed by atoms with Gasteiger partial charge in [0.1, 0.15) is 5.82 Å². The second-order valence-corrected chi connectivity index (χ2v) is 7.99. The molecule has 5 rings (SSSR count). The van der Waals surface area contributed by atoms with Crippen molar-refractivity contribution in [3.05, 3.63) is 77.6 Å². The molecule has 0 saturated carbocycles. The van der Waals surface area contributed by atoms with E-state index in [1.54, 1.807) is 17.0 Å². The number of pyridine rings is 1. The molecule has 0 unspecified atom stereocenters. The maximum absolute atomic E-state index is 12.9. The van der Waals surface area contributed by atoms with E-state index in [2.05, 4.69) is 32.0 Å². The Morgan fingerprint density at radius 1 is 1.03 bits per heavy atom. The molecule has 32 heavy (non-hydrogen) atoms. The summed E-state index contributed by atoms with van der Waals surface area (Å²) in [6.45, 7) is 6.89. The lowest BCUT2D eigenvalue weighted by atomic mass is 10.2. The van der Waals surface area contributed by atoms with Crippen LogP contribution in [0.5, 0.6) is 0 Å². The highest BCUT2D eigenvalue weighted by Crippen LogP contribution is 2.26. The van der Waals surface area contributed by atoms with Crippen molar-refractivity contribution in [1.29, 1.82) is 0 Å². The van der Waals surface area contributed by atoms with Gasteiger partial charge in [-0.25, -0.2) is 0 Å². The van der Waals surface area contributed by atoms with Crippen molar-refractivity contribution in [2.24, 2.45) is 0 Å². The highest BCUT2D eigenvalue weighted by atomic mass is 32.2. The molecule has 0 aliphatic carbocycles. The fraction of sp³-hybridized carbons (Fsp3) is 0.182. The zero-order valence-electron chi connectivity index (χ0n) is 17.4. The number of thioether (sulfide) groups is 1. The molecule has 160 valence electrons. The second-order valence-electron chi connectivity index (χ2n) is 7.05. The predicted molar refractivity (Wildman–Crippen MR) is 123 cm³/mol. The van der Waals surface area contributed by atoms with E-state index in [9.17, 15) is 4.79 Å². The van der Waals surface area contributed by atoms with E-state index in [1.165, 1.54) is 11.8 Å². The maximum atomic E-state index is 12.9. The molecular weight excluding hydrogens is 424 g/mol. The van der Waals surface area contributed by atoms with Crippen LogP contribution < -0.4 is 5.56 Å². The molecule has 0 N–H and O–H groups in total. The van der Waals surface area contributed by atoms with Gasteiger partial charge in [-0.3, -0.25) is 23.3 Å². The Labute approximate surface area is 187 Å². The number of aryl methyl sites for hydroxylation is 1. The molecule has 0 amide bonds. The third-order valence-corrected chi connectivity index (χ3v) is 6.15. The third kappa shape index (κ3) is 3.28. The molecule has 10 heteroatoms. The van der Waals surface area contributed by atoms with Gasteiger partial charge < -0.3 is 0 Å². The quantitative estimate of drug-likeness (QED) is 0.281. The van der Waals surface area contributed by atoms with Gasteiger partial charge in [0.05, 0.1) is 16.7 Å². The van der Waals surface area contributed by atoms with Crippen molar-refractivity contribution in [3.8, 4) is 11.4 Å². The molecule has 4 aromatic heterocycles. The molecular formula is C22H20N8OS. The smallest absolute Gasteiger partial charge is 0.262 e. The lowest BCUT2D eigenvalue weighted by Crippen LogP contribution is -2.22. The Bertz CT molecular complexity index is 1480. The lowest BCUT2D eigenvalue weighted by Gasteiger charge is -2.10. The van der Waals surface area contributed by atoms with Crippen LogP contribution in [-0.2, 0) is 18.8 Å². The Hall–Kier alpha value is -3.79. The topological polar surface area (TPSA) is 95.8 Å². The van der Waals surface area contributed by atoms with E-state index >= 15 is 0 Å². The van der Waals surface area contributed by atoms with Crippen molar-refractivity contribution in [2.75, 3.05) is 0 Å². The minimum Gasteiger partial charge on any atom is -0.298 e. The first-order valence-electron chi connectivity index (χ1n) is 10.2. The van der Waals surface area contributed by atoms with Crippen molar-refractivity contribution in [2.45, 2.75) is 30.9 Å². The predicted octanol–water partition coefficient (Wildman–Crippen LogP) is 3.20. The number of hydrogen-bond donors (Lipinski definition) is 0. The monoisotopic (exact) mass is 444 g/mol. The largest absolute Gasteiger partial charge is 0.298 e. The van der Waals surface area contributed by atoms with E-state index in [4.69, 9.17) is 0 Å². The van der Waals surface area contributed by atoms with Crippen LogP contribution in [0.15, 0.2) is 71.4 Å². The number of hydrogen-bond acceptors (Lipinski definition) is 7. The van der Waals surface area contributed by atoms with Crippen LogP contribution in [0.2, 0.25) is 0 Å². The summed E-state index contributed by atoms with van der Waals surface area (Å²) in [6, 6.07) is 11.3. The summed E-state index contributed by atoms with van der Waals surface area (Å²) < 4.78 is 5.60. The lowest BCUT2D eigenvalue weighted by molar-refractivity contribution is 0.730. The Kier molecular flexibility index (Phi) is 5.28. The second kappa shape index (κ2) is 8.39. The zero-order chi connectivity index (χ0) is 22.1. The fourth-order valence-corrected chi connectivity index (χ4v) is 4.59. The standard InChI is InChI=1S/C22H20N8OS/c1-3-13-29-19(15-9-11-23-12-10-15)25-27-22(29)32-14-18-24-26-21-28(4-2)20(31)16-7-5-6-8-17(16)30(18)21/h3,5-12H,1,4,13-14H2,2H3. The van der Waals surface area contributed by atoms with E-state index < -0.39 is 0 Å². The minimum absolute atomic E-state index is 0.0603. The fourth-order valence-electron chi connectivity index (χ4n) is 3.73. The summed E-state index contributed by atoms with van der Waals surface area (Å²) in [5, 5.41) is 18.9. The minimum atomic E-state index is -0.0603. The summed E-state index contributed by atoms with van der Waals surface area (Å²) in [6.07, 6.45) is 5.28. The number of para-hydroxylation sites is 1. The molecule has 0 atom stereocenters. The summed E-state index contributed by atoms with van der Waals surface area (Å²) in [7, 11) is 0. The number of rotatable bonds is 7. The zero-order valence-corrected chi connectivity index (χ0v) is 18.2. The van der Waals surface area contributed by atoms with Crippen molar-refractivity contribution in [1.82, 2.24) is 38.9 Å². The van der Waals surface area contributed by atoms with Gasteiger partial charge in [0.2, 0.25) is 5.78 Å². The Morgan fingerprint density at radius 3 is 2.62 bits per heavy atom. The molecule has 0 aliphatic heterocycles. The molecule has 4 heterocycles. The first-order chi connectivity index (χ1) is 15.7. The number of benzene rings is 1. The van der Waals surface area contributed by atoms with E-state index in [-0.39, 0.29) is 5.56 Å². The molecule has 0 spiro atoms. The van der Waals surface area contributed by atoms with Crippen LogP contribution in [0, 0.1) is 0 Å². The summed E-state index contributed by atoms with van der Waals surface area (Å²) in [5.41, 5.74) is 1.67. The van der Waals surface area contributed by atoms with Crippen molar-refractivity contribution >= 4 is 28.4 Å². The summed E-state index contributed by atoms with van der Waals surface area (Å²) in [5.74, 6) is 2.55. The van der Waals surface area contributed by atoms with Crippen LogP contribution in [-0.4, -0.2) is 38.9 Å². The van der Waals surface area contributed by atoms with E-state index in [0.29, 0.717) is 30.0 Å². The average Bonchev–Trinajstić information content (AvgIpc) is 3.43. The first-order valence-corrected chi connectivity index (χ1v) is 11.1. The Balaban J connectivity index is 1.56. The molecule has 0 saturated heterocycles. The Morgan fingerprint density at radius 2 is 1.84 bits per heavy atom. The van der Waals surface area contributed by atoms with Gasteiger partial charge in [0.15, 0.2) is 11.0 Å². The maximum Gasteiger partial charge on any atom is 0.262 e. The molecule has 0 fully saturated rings. The normalized spacial score (nSPS) is 11.4. The molecule has 9 nitrogen and oxygen atoms in total. The van der Waals surface area contributed by atoms with Gasteiger partial charge in [-0.1, -0.05) is 30.0 Å². The first kappa shape index (κ1) is 20.1. The van der Waals surface area contributed by atoms with Crippen molar-refractivity contribution < 1.29 is 0 Å². The van der Waals surface area contributed by atoms with Gasteiger partial charge in [-0.15, -0.1) is 27.0 Å². The molecule has 0 radical (unpaired) electrons. The van der Waals surface area contributed by atoms with Gasteiger partial charge in [-0.2, -0.15) is 0 Å². The molecule has 5 aromatic rings. The van der Waals surface area contributed by atoms with Crippen LogP contribution in [0.1, 0.15) is 12.7 Å². The highest BCUT2D eigenvalue weighted by molar-refractivity contribution is 7.98. The number of allylic oxidation sites excluding steroid dienone is 1. The average molecular weight is 445 g/mol. The molecule has 0 aliphatic rings. The highest BCUT2D eigenvalue weighted by Gasteiger charge is 2.18. The van der Waals surface area contributed by atoms with Crippen molar-refractivity contribution in [3.63, 3.8) is 0 Å². The SMILES string of the molecule is C=CCn1c(SCc2nnc3n(CC)c(=O)c4ccccc4n23)nnc1-c1ccncc1. The molecule has 1 aromatic carbocycles. The summed E-state index contributed by atoms with van der Waals surface area (Å²) >= 11 is 1.52. The van der Waals surface area contributed by atoms with Crippen LogP contribution in [0.3, 0.4) is 0 Å². The molecule has 0 bridgehead atoms. The van der Waals surface area contributed by atoms with Gasteiger partial charge in [0.25, 0.3) is 5.56 Å². The van der Waals surface area contributed by atoms with E-state index in [0.717, 1.165) is 27.9 Å². The van der Waals surface area contributed by atoms with Gasteiger partial charge >= 0.3 is 0 Å². The van der Waals surface area contributed by atoms with Crippen LogP contribution in [0.25, 0.3) is 28.1 Å². The van der Waals surface area contributed by atoms with Gasteiger partial charge in [0, 0.05) is 31.0 Å².